The van der Waals surface area contributed by atoms with E-state index in [4.69, 9.17) is 5.73 Å². The van der Waals surface area contributed by atoms with Gasteiger partial charge in [0, 0.05) is 13.1 Å². The van der Waals surface area contributed by atoms with E-state index in [1.165, 1.54) is 0 Å². The van der Waals surface area contributed by atoms with E-state index in [9.17, 15) is 18.0 Å². The highest BCUT2D eigenvalue weighted by Crippen LogP contribution is 2.27. The van der Waals surface area contributed by atoms with Gasteiger partial charge in [0.15, 0.2) is 0 Å². The van der Waals surface area contributed by atoms with Crippen molar-refractivity contribution in [3.05, 3.63) is 65.7 Å². The Balaban J connectivity index is 1.70. The summed E-state index contributed by atoms with van der Waals surface area (Å²) in [5.74, 6) is -0.457. The van der Waals surface area contributed by atoms with Crippen LogP contribution in [0.25, 0.3) is 0 Å². The SMILES string of the molecule is Cc1ccc(S(=O)(=O)NCC2CCCN(C(C(=O)NC(N)=O)c3ccccc3)C2)cc1. The normalized spacial score (nSPS) is 18.3. The highest BCUT2D eigenvalue weighted by Gasteiger charge is 2.32. The fraction of sp³-hybridized carbons (Fsp3) is 0.364. The summed E-state index contributed by atoms with van der Waals surface area (Å²) in [6, 6.07) is 14.3. The van der Waals surface area contributed by atoms with Gasteiger partial charge in [0.05, 0.1) is 4.90 Å². The number of carbonyl (C=O) groups excluding carboxylic acids is 2. The topological polar surface area (TPSA) is 122 Å². The van der Waals surface area contributed by atoms with Crippen molar-refractivity contribution in [3.63, 3.8) is 0 Å². The van der Waals surface area contributed by atoms with Crippen molar-refractivity contribution >= 4 is 22.0 Å². The molecular formula is C22H28N4O4S. The zero-order valence-corrected chi connectivity index (χ0v) is 18.3. The summed E-state index contributed by atoms with van der Waals surface area (Å²) >= 11 is 0. The molecule has 9 heteroatoms. The number of aryl methyl sites for hydroxylation is 1. The number of nitrogens with two attached hydrogens (primary N) is 1. The average Bonchev–Trinajstić information content (AvgIpc) is 2.73. The lowest BCUT2D eigenvalue weighted by Crippen LogP contribution is -2.49. The van der Waals surface area contributed by atoms with Crippen molar-refractivity contribution in [3.8, 4) is 0 Å². The molecule has 0 aromatic heterocycles. The van der Waals surface area contributed by atoms with Crippen molar-refractivity contribution in [1.82, 2.24) is 14.9 Å². The molecule has 1 aliphatic heterocycles. The zero-order valence-electron chi connectivity index (χ0n) is 17.5. The molecule has 2 unspecified atom stereocenters. The number of hydrogen-bond acceptors (Lipinski definition) is 5. The highest BCUT2D eigenvalue weighted by molar-refractivity contribution is 7.89. The number of likely N-dealkylation sites (tertiary alicyclic amines) is 1. The van der Waals surface area contributed by atoms with E-state index in [0.29, 0.717) is 13.1 Å². The maximum Gasteiger partial charge on any atom is 0.318 e. The molecule has 2 aromatic carbocycles. The summed E-state index contributed by atoms with van der Waals surface area (Å²) in [7, 11) is -3.61. The number of urea groups is 1. The van der Waals surface area contributed by atoms with Gasteiger partial charge in [-0.2, -0.15) is 0 Å². The number of primary amides is 1. The minimum atomic E-state index is -3.61. The Kier molecular flexibility index (Phi) is 7.42. The molecule has 2 aromatic rings. The first-order valence-corrected chi connectivity index (χ1v) is 11.7. The monoisotopic (exact) mass is 444 g/mol. The Morgan fingerprint density at radius 2 is 1.81 bits per heavy atom. The maximum absolute atomic E-state index is 12.7. The minimum absolute atomic E-state index is 0.0292. The lowest BCUT2D eigenvalue weighted by Gasteiger charge is -2.37. The van der Waals surface area contributed by atoms with Gasteiger partial charge in [-0.15, -0.1) is 0 Å². The Morgan fingerprint density at radius 1 is 1.13 bits per heavy atom. The van der Waals surface area contributed by atoms with E-state index >= 15 is 0 Å². The molecule has 0 bridgehead atoms. The van der Waals surface area contributed by atoms with E-state index in [1.54, 1.807) is 24.3 Å². The van der Waals surface area contributed by atoms with Crippen LogP contribution in [-0.2, 0) is 14.8 Å². The molecular weight excluding hydrogens is 416 g/mol. The van der Waals surface area contributed by atoms with Gasteiger partial charge in [-0.1, -0.05) is 48.0 Å². The van der Waals surface area contributed by atoms with Gasteiger partial charge in [0.1, 0.15) is 6.04 Å². The van der Waals surface area contributed by atoms with E-state index in [1.807, 2.05) is 42.2 Å². The first-order chi connectivity index (χ1) is 14.8. The predicted octanol–water partition coefficient (Wildman–Crippen LogP) is 1.92. The third-order valence-corrected chi connectivity index (χ3v) is 6.86. The molecule has 0 radical (unpaired) electrons. The molecule has 3 rings (SSSR count). The quantitative estimate of drug-likeness (QED) is 0.602. The van der Waals surface area contributed by atoms with Crippen LogP contribution >= 0.6 is 0 Å². The predicted molar refractivity (Wildman–Crippen MR) is 118 cm³/mol. The second kappa shape index (κ2) is 10.0. The lowest BCUT2D eigenvalue weighted by molar-refractivity contribution is -0.126. The Hall–Kier alpha value is -2.75. The molecule has 31 heavy (non-hydrogen) atoms. The number of nitrogens with zero attached hydrogens (tertiary/aromatic N) is 1. The average molecular weight is 445 g/mol. The van der Waals surface area contributed by atoms with Gasteiger partial charge in [-0.25, -0.2) is 17.9 Å². The number of sulfonamides is 1. The smallest absolute Gasteiger partial charge is 0.318 e. The summed E-state index contributed by atoms with van der Waals surface area (Å²) in [5.41, 5.74) is 6.90. The number of imide groups is 1. The minimum Gasteiger partial charge on any atom is -0.351 e. The van der Waals surface area contributed by atoms with Crippen LogP contribution in [0, 0.1) is 12.8 Å². The summed E-state index contributed by atoms with van der Waals surface area (Å²) in [5, 5.41) is 2.18. The number of benzene rings is 2. The third kappa shape index (κ3) is 6.13. The molecule has 0 spiro atoms. The largest absolute Gasteiger partial charge is 0.351 e. The van der Waals surface area contributed by atoms with Crippen LogP contribution in [0.3, 0.4) is 0 Å². The molecule has 1 saturated heterocycles. The Labute approximate surface area is 182 Å². The number of rotatable bonds is 7. The number of amides is 3. The summed E-state index contributed by atoms with van der Waals surface area (Å²) in [6.45, 7) is 3.35. The second-order valence-corrected chi connectivity index (χ2v) is 9.60. The molecule has 8 nitrogen and oxygen atoms in total. The van der Waals surface area contributed by atoms with Gasteiger partial charge in [0.25, 0.3) is 0 Å². The van der Waals surface area contributed by atoms with Gasteiger partial charge < -0.3 is 5.73 Å². The third-order valence-electron chi connectivity index (χ3n) is 5.42. The summed E-state index contributed by atoms with van der Waals surface area (Å²) < 4.78 is 27.9. The Morgan fingerprint density at radius 3 is 2.45 bits per heavy atom. The molecule has 2 atom stereocenters. The van der Waals surface area contributed by atoms with Crippen LogP contribution in [0.5, 0.6) is 0 Å². The number of piperidine rings is 1. The first-order valence-electron chi connectivity index (χ1n) is 10.2. The summed E-state index contributed by atoms with van der Waals surface area (Å²) in [4.78, 5) is 26.2. The van der Waals surface area contributed by atoms with Crippen LogP contribution in [0.1, 0.15) is 30.0 Å². The first kappa shape index (κ1) is 22.9. The molecule has 166 valence electrons. The zero-order chi connectivity index (χ0) is 22.4. The van der Waals surface area contributed by atoms with Crippen molar-refractivity contribution in [2.45, 2.75) is 30.7 Å². The van der Waals surface area contributed by atoms with Crippen molar-refractivity contribution in [1.29, 1.82) is 0 Å². The van der Waals surface area contributed by atoms with Crippen LogP contribution in [0.15, 0.2) is 59.5 Å². The van der Waals surface area contributed by atoms with E-state index < -0.39 is 28.0 Å². The van der Waals surface area contributed by atoms with Crippen molar-refractivity contribution < 1.29 is 18.0 Å². The molecule has 1 fully saturated rings. The van der Waals surface area contributed by atoms with Crippen LogP contribution in [-0.4, -0.2) is 44.9 Å². The summed E-state index contributed by atoms with van der Waals surface area (Å²) in [6.07, 6.45) is 1.65. The molecule has 3 amide bonds. The standard InChI is InChI=1S/C22H28N4O4S/c1-16-9-11-19(12-10-16)31(29,30)24-14-17-6-5-13-26(15-17)20(21(27)25-22(23)28)18-7-3-2-4-8-18/h2-4,7-12,17,20,24H,5-6,13-15H2,1H3,(H3,23,25,27,28). The molecule has 1 aliphatic rings. The van der Waals surface area contributed by atoms with Crippen LogP contribution in [0.4, 0.5) is 4.79 Å². The van der Waals surface area contributed by atoms with Gasteiger partial charge in [-0.05, 0) is 49.9 Å². The van der Waals surface area contributed by atoms with Gasteiger partial charge in [-0.3, -0.25) is 15.0 Å². The van der Waals surface area contributed by atoms with Gasteiger partial charge in [0.2, 0.25) is 15.9 Å². The van der Waals surface area contributed by atoms with E-state index in [-0.39, 0.29) is 17.4 Å². The maximum atomic E-state index is 12.7. The molecule has 0 aliphatic carbocycles. The molecule has 1 heterocycles. The fourth-order valence-corrected chi connectivity index (χ4v) is 5.00. The second-order valence-electron chi connectivity index (χ2n) is 7.83. The molecule has 4 N–H and O–H groups in total. The van der Waals surface area contributed by atoms with Crippen LogP contribution < -0.4 is 15.8 Å². The van der Waals surface area contributed by atoms with E-state index in [0.717, 1.165) is 24.0 Å². The van der Waals surface area contributed by atoms with Crippen LogP contribution in [0.2, 0.25) is 0 Å². The highest BCUT2D eigenvalue weighted by atomic mass is 32.2. The number of nitrogens with one attached hydrogen (secondary N) is 2. The van der Waals surface area contributed by atoms with E-state index in [2.05, 4.69) is 10.0 Å². The molecule has 0 saturated carbocycles. The van der Waals surface area contributed by atoms with Crippen molar-refractivity contribution in [2.75, 3.05) is 19.6 Å². The fourth-order valence-electron chi connectivity index (χ4n) is 3.88. The Bertz CT molecular complexity index is 1010. The van der Waals surface area contributed by atoms with Gasteiger partial charge >= 0.3 is 6.03 Å². The lowest BCUT2D eigenvalue weighted by atomic mass is 9.94. The number of carbonyl (C=O) groups is 2. The number of hydrogen-bond donors (Lipinski definition) is 3. The van der Waals surface area contributed by atoms with Crippen molar-refractivity contribution in [2.24, 2.45) is 11.7 Å².